The van der Waals surface area contributed by atoms with Crippen LogP contribution in [0.15, 0.2) is 73.1 Å². The van der Waals surface area contributed by atoms with Crippen molar-refractivity contribution in [3.63, 3.8) is 0 Å². The van der Waals surface area contributed by atoms with Gasteiger partial charge in [-0.15, -0.1) is 0 Å². The van der Waals surface area contributed by atoms with Crippen molar-refractivity contribution in [3.05, 3.63) is 78.6 Å². The van der Waals surface area contributed by atoms with E-state index in [0.29, 0.717) is 34.4 Å². The third-order valence-corrected chi connectivity index (χ3v) is 5.90. The van der Waals surface area contributed by atoms with Gasteiger partial charge in [-0.3, -0.25) is 9.59 Å². The molecule has 2 amide bonds. The monoisotopic (exact) mass is 508 g/mol. The second-order valence-corrected chi connectivity index (χ2v) is 8.32. The number of hydrogen-bond acceptors (Lipinski definition) is 9. The molecule has 0 aliphatic heterocycles. The molecule has 0 saturated carbocycles. The van der Waals surface area contributed by atoms with Crippen LogP contribution in [-0.4, -0.2) is 54.9 Å². The first-order chi connectivity index (χ1) is 18.4. The first-order valence-electron chi connectivity index (χ1n) is 11.7. The van der Waals surface area contributed by atoms with Crippen molar-refractivity contribution in [3.8, 4) is 22.8 Å². The Kier molecular flexibility index (Phi) is 6.59. The van der Waals surface area contributed by atoms with E-state index in [1.54, 1.807) is 54.3 Å². The van der Waals surface area contributed by atoms with Crippen LogP contribution in [0.4, 0.5) is 11.9 Å². The molecule has 0 aliphatic rings. The number of primary amides is 2. The number of nitrogens with zero attached hydrogens (tertiary/aromatic N) is 6. The second kappa shape index (κ2) is 10.3. The first-order valence-corrected chi connectivity index (χ1v) is 11.7. The molecule has 0 fully saturated rings. The third-order valence-electron chi connectivity index (χ3n) is 5.90. The molecular weight excluding hydrogens is 484 g/mol. The Bertz CT molecular complexity index is 1630. The summed E-state index contributed by atoms with van der Waals surface area (Å²) in [6.45, 7) is 0.0631. The molecule has 3 heterocycles. The predicted octanol–water partition coefficient (Wildman–Crippen LogP) is 2.23. The molecule has 0 aliphatic carbocycles. The molecule has 1 unspecified atom stereocenters. The topological polar surface area (TPSA) is 180 Å². The number of fused-ring (bicyclic) bond motifs is 1. The van der Waals surface area contributed by atoms with Crippen LogP contribution < -0.4 is 22.1 Å². The number of carbonyl (C=O) groups is 2. The number of anilines is 2. The van der Waals surface area contributed by atoms with Gasteiger partial charge < -0.3 is 26.7 Å². The van der Waals surface area contributed by atoms with Crippen LogP contribution in [0.1, 0.15) is 16.4 Å². The van der Waals surface area contributed by atoms with E-state index in [1.165, 1.54) is 0 Å². The molecule has 6 N–H and O–H groups in total. The molecule has 1 atom stereocenters. The van der Waals surface area contributed by atoms with E-state index < -0.39 is 17.9 Å². The lowest BCUT2D eigenvalue weighted by Crippen LogP contribution is -2.33. The average Bonchev–Trinajstić information content (AvgIpc) is 3.32. The molecule has 2 aromatic carbocycles. The number of carbonyl (C=O) groups excluding carboxylic acids is 2. The fourth-order valence-corrected chi connectivity index (χ4v) is 4.07. The summed E-state index contributed by atoms with van der Waals surface area (Å²) in [6.07, 6.45) is 3.22. The highest BCUT2D eigenvalue weighted by Gasteiger charge is 2.26. The average molecular weight is 509 g/mol. The van der Waals surface area contributed by atoms with Crippen molar-refractivity contribution in [1.82, 2.24) is 29.5 Å². The van der Waals surface area contributed by atoms with Crippen molar-refractivity contribution in [2.24, 2.45) is 11.5 Å². The maximum absolute atomic E-state index is 12.8. The van der Waals surface area contributed by atoms with E-state index in [9.17, 15) is 9.59 Å². The van der Waals surface area contributed by atoms with Crippen LogP contribution >= 0.6 is 0 Å². The number of benzene rings is 2. The maximum Gasteiger partial charge on any atom is 0.248 e. The number of nitrogens with one attached hydrogen (secondary N) is 2. The summed E-state index contributed by atoms with van der Waals surface area (Å²) >= 11 is 0. The highest BCUT2D eigenvalue weighted by Crippen LogP contribution is 2.29. The Morgan fingerprint density at radius 3 is 2.32 bits per heavy atom. The molecule has 0 saturated heterocycles. The molecule has 12 heteroatoms. The van der Waals surface area contributed by atoms with Gasteiger partial charge in [0.1, 0.15) is 11.7 Å². The van der Waals surface area contributed by atoms with Crippen molar-refractivity contribution < 1.29 is 9.59 Å². The minimum absolute atomic E-state index is 0.0631. The van der Waals surface area contributed by atoms with Crippen molar-refractivity contribution >= 4 is 34.7 Å². The van der Waals surface area contributed by atoms with E-state index in [0.717, 1.165) is 11.3 Å². The van der Waals surface area contributed by atoms with Crippen LogP contribution in [0.3, 0.4) is 0 Å². The van der Waals surface area contributed by atoms with Gasteiger partial charge in [-0.1, -0.05) is 30.3 Å². The third kappa shape index (κ3) is 4.82. The number of amides is 2. The second-order valence-electron chi connectivity index (χ2n) is 8.32. The summed E-state index contributed by atoms with van der Waals surface area (Å²) in [4.78, 5) is 46.8. The van der Waals surface area contributed by atoms with Gasteiger partial charge in [0.2, 0.25) is 23.7 Å². The zero-order chi connectivity index (χ0) is 26.6. The lowest BCUT2D eigenvalue weighted by Gasteiger charge is -2.19. The van der Waals surface area contributed by atoms with E-state index in [2.05, 4.69) is 35.6 Å². The van der Waals surface area contributed by atoms with Crippen LogP contribution in [0.5, 0.6) is 0 Å². The highest BCUT2D eigenvalue weighted by atomic mass is 16.1. The minimum atomic E-state index is -0.911. The van der Waals surface area contributed by atoms with Crippen molar-refractivity contribution in [2.75, 3.05) is 24.2 Å². The SMILES string of the molecule is CNc1nccc(-c2nc3cc(C(N)=O)ccc3n2C(CNc2nccc(-c3ccccc3)n2)C(N)=O)n1. The van der Waals surface area contributed by atoms with Crippen LogP contribution in [0.25, 0.3) is 33.8 Å². The lowest BCUT2D eigenvalue weighted by atomic mass is 10.1. The first kappa shape index (κ1) is 24.3. The summed E-state index contributed by atoms with van der Waals surface area (Å²) < 4.78 is 1.68. The van der Waals surface area contributed by atoms with Gasteiger partial charge in [-0.05, 0) is 30.3 Å². The maximum atomic E-state index is 12.8. The quantitative estimate of drug-likeness (QED) is 0.232. The number of aromatic nitrogens is 6. The number of rotatable bonds is 9. The van der Waals surface area contributed by atoms with Gasteiger partial charge in [0.05, 0.1) is 16.7 Å². The molecule has 3 aromatic heterocycles. The zero-order valence-corrected chi connectivity index (χ0v) is 20.4. The van der Waals surface area contributed by atoms with Gasteiger partial charge in [-0.25, -0.2) is 24.9 Å². The zero-order valence-electron chi connectivity index (χ0n) is 20.4. The van der Waals surface area contributed by atoms with Gasteiger partial charge >= 0.3 is 0 Å². The predicted molar refractivity (Wildman–Crippen MR) is 143 cm³/mol. The highest BCUT2D eigenvalue weighted by molar-refractivity contribution is 5.97. The summed E-state index contributed by atoms with van der Waals surface area (Å²) in [7, 11) is 1.70. The van der Waals surface area contributed by atoms with Crippen LogP contribution in [0, 0.1) is 0 Å². The summed E-state index contributed by atoms with van der Waals surface area (Å²) in [5.74, 6) is -0.131. The molecule has 190 valence electrons. The largest absolute Gasteiger partial charge is 0.368 e. The van der Waals surface area contributed by atoms with Crippen molar-refractivity contribution in [1.29, 1.82) is 0 Å². The van der Waals surface area contributed by atoms with E-state index >= 15 is 0 Å². The molecule has 5 aromatic rings. The van der Waals surface area contributed by atoms with E-state index in [1.807, 2.05) is 30.3 Å². The summed E-state index contributed by atoms with van der Waals surface area (Å²) in [6, 6.07) is 17.1. The molecule has 5 rings (SSSR count). The Morgan fingerprint density at radius 2 is 1.61 bits per heavy atom. The van der Waals surface area contributed by atoms with Gasteiger partial charge in [0, 0.05) is 37.1 Å². The van der Waals surface area contributed by atoms with Gasteiger partial charge in [-0.2, -0.15) is 0 Å². The molecule has 38 heavy (non-hydrogen) atoms. The number of nitrogens with two attached hydrogens (primary N) is 2. The van der Waals surface area contributed by atoms with E-state index in [4.69, 9.17) is 11.5 Å². The summed E-state index contributed by atoms with van der Waals surface area (Å²) in [5.41, 5.74) is 14.8. The molecule has 0 spiro atoms. The van der Waals surface area contributed by atoms with Crippen molar-refractivity contribution in [2.45, 2.75) is 6.04 Å². The Hall–Kier alpha value is -5.39. The Morgan fingerprint density at radius 1 is 0.895 bits per heavy atom. The standard InChI is InChI=1S/C26H24N10O2/c1-29-25-30-12-10-18(35-25)24-33-19-13-16(22(27)37)7-8-20(19)36(24)21(23(28)38)14-32-26-31-11-9-17(34-26)15-5-3-2-4-6-15/h2-13,21H,14H2,1H3,(H2,27,37)(H2,28,38)(H,29,30,35)(H,31,32,34). The fourth-order valence-electron chi connectivity index (χ4n) is 4.07. The number of imidazole rings is 1. The fraction of sp³-hybridized carbons (Fsp3) is 0.115. The van der Waals surface area contributed by atoms with Crippen LogP contribution in [0.2, 0.25) is 0 Å². The molecule has 12 nitrogen and oxygen atoms in total. The molecular formula is C26H24N10O2. The Labute approximate surface area is 217 Å². The molecule has 0 radical (unpaired) electrons. The van der Waals surface area contributed by atoms with E-state index in [-0.39, 0.29) is 12.1 Å². The normalized spacial score (nSPS) is 11.7. The summed E-state index contributed by atoms with van der Waals surface area (Å²) in [5, 5.41) is 6.02. The minimum Gasteiger partial charge on any atom is -0.368 e. The van der Waals surface area contributed by atoms with Gasteiger partial charge in [0.25, 0.3) is 0 Å². The lowest BCUT2D eigenvalue weighted by molar-refractivity contribution is -0.120. The van der Waals surface area contributed by atoms with Crippen LogP contribution in [-0.2, 0) is 4.79 Å². The van der Waals surface area contributed by atoms with Gasteiger partial charge in [0.15, 0.2) is 5.82 Å². The Balaban J connectivity index is 1.56. The number of hydrogen-bond donors (Lipinski definition) is 4. The smallest absolute Gasteiger partial charge is 0.248 e. The molecule has 0 bridgehead atoms.